The first-order chi connectivity index (χ1) is 3.31. The number of rotatable bonds is 2. The molecular weight excluding hydrogens is 220 g/mol. The molecule has 0 aromatic carbocycles. The summed E-state index contributed by atoms with van der Waals surface area (Å²) in [5.74, 6) is 0. The second-order valence-corrected chi connectivity index (χ2v) is 2.65. The number of hydrogen-bond acceptors (Lipinski definition) is 0. The van der Waals surface area contributed by atoms with Crippen LogP contribution in [0.5, 0.6) is 0 Å². The number of allylic oxidation sites excluding steroid dienone is 1. The lowest BCUT2D eigenvalue weighted by Gasteiger charge is -1.88. The predicted octanol–water partition coefficient (Wildman–Crippen LogP) is 3.07. The van der Waals surface area contributed by atoms with Crippen LogP contribution in [0, 0.1) is 0 Å². The Morgan fingerprint density at radius 3 is 2.43 bits per heavy atom. The van der Waals surface area contributed by atoms with E-state index in [9.17, 15) is 0 Å². The summed E-state index contributed by atoms with van der Waals surface area (Å²) < 4.78 is 0. The van der Waals surface area contributed by atoms with Crippen molar-refractivity contribution in [1.82, 2.24) is 0 Å². The second-order valence-electron chi connectivity index (χ2n) is 1.39. The van der Waals surface area contributed by atoms with E-state index in [0.29, 0.717) is 0 Å². The van der Waals surface area contributed by atoms with Gasteiger partial charge < -0.3 is 0 Å². The predicted molar refractivity (Wildman–Crippen MR) is 41.1 cm³/mol. The quantitative estimate of drug-likeness (QED) is 0.637. The Hall–Kier alpha value is 0.700. The van der Waals surface area contributed by atoms with Crippen molar-refractivity contribution in [2.24, 2.45) is 0 Å². The molecule has 0 aliphatic carbocycles. The molecule has 0 amide bonds. The van der Waals surface area contributed by atoms with Crippen LogP contribution in [-0.4, -0.2) is 5.33 Å². The molecule has 0 spiro atoms. The average Bonchev–Trinajstić information content (AvgIpc) is 1.68. The van der Waals surface area contributed by atoms with Crippen molar-refractivity contribution in [3.63, 3.8) is 0 Å². The van der Waals surface area contributed by atoms with Gasteiger partial charge in [0.2, 0.25) is 0 Å². The Morgan fingerprint density at radius 2 is 2.29 bits per heavy atom. The molecule has 0 saturated carbocycles. The summed E-state index contributed by atoms with van der Waals surface area (Å²) in [6, 6.07) is 0. The third-order valence-corrected chi connectivity index (χ3v) is 1.85. The topological polar surface area (TPSA) is 0 Å². The summed E-state index contributed by atoms with van der Waals surface area (Å²) in [5.41, 5.74) is 1.37. The maximum atomic E-state index is 3.33. The smallest absolute Gasteiger partial charge is 0.00687 e. The number of alkyl halides is 1. The van der Waals surface area contributed by atoms with Crippen LogP contribution in [0.15, 0.2) is 10.6 Å². The molecule has 0 aromatic rings. The molecule has 0 radical (unpaired) electrons. The molecule has 0 fully saturated rings. The summed E-state index contributed by atoms with van der Waals surface area (Å²) in [4.78, 5) is 1.95. The van der Waals surface area contributed by atoms with Crippen LogP contribution in [0.4, 0.5) is 0 Å². The van der Waals surface area contributed by atoms with Gasteiger partial charge in [0.15, 0.2) is 0 Å². The molecule has 0 aromatic heterocycles. The minimum absolute atomic E-state index is 1.06. The van der Waals surface area contributed by atoms with Gasteiger partial charge in [0.25, 0.3) is 0 Å². The molecule has 0 nitrogen and oxygen atoms in total. The largest absolute Gasteiger partial charge is 0.0925 e. The van der Waals surface area contributed by atoms with Crippen molar-refractivity contribution in [2.75, 3.05) is 5.33 Å². The van der Waals surface area contributed by atoms with Gasteiger partial charge >= 0.3 is 0 Å². The summed E-state index contributed by atoms with van der Waals surface area (Å²) in [6.07, 6.45) is 1.13. The van der Waals surface area contributed by atoms with Crippen LogP contribution in [-0.2, 0) is 0 Å². The highest BCUT2D eigenvalue weighted by Crippen LogP contribution is 2.03. The normalized spacial score (nSPS) is 12.1. The molecule has 0 rings (SSSR count). The van der Waals surface area contributed by atoms with E-state index in [4.69, 9.17) is 0 Å². The second kappa shape index (κ2) is 4.85. The zero-order valence-corrected chi connectivity index (χ0v) is 7.42. The highest BCUT2D eigenvalue weighted by molar-refractivity contribution is 9.11. The van der Waals surface area contributed by atoms with Gasteiger partial charge in [0.1, 0.15) is 0 Å². The molecule has 7 heavy (non-hydrogen) atoms. The first-order valence-electron chi connectivity index (χ1n) is 2.13. The highest BCUT2D eigenvalue weighted by Gasteiger charge is 1.81. The maximum absolute atomic E-state index is 3.33. The lowest BCUT2D eigenvalue weighted by Crippen LogP contribution is -1.73. The molecule has 0 heterocycles. The molecule has 0 bridgehead atoms. The molecule has 0 aliphatic heterocycles. The molecule has 42 valence electrons. The van der Waals surface area contributed by atoms with Crippen molar-refractivity contribution in [1.29, 1.82) is 0 Å². The maximum Gasteiger partial charge on any atom is 0.00687 e. The van der Waals surface area contributed by atoms with Crippen LogP contribution in [0.3, 0.4) is 0 Å². The minimum Gasteiger partial charge on any atom is -0.0925 e. The third-order valence-electron chi connectivity index (χ3n) is 0.675. The van der Waals surface area contributed by atoms with E-state index in [2.05, 4.69) is 38.8 Å². The van der Waals surface area contributed by atoms with E-state index in [0.717, 1.165) is 11.8 Å². The monoisotopic (exact) mass is 226 g/mol. The molecular formula is C5H8Br2. The Kier molecular flexibility index (Phi) is 5.33. The molecule has 0 N–H and O–H groups in total. The van der Waals surface area contributed by atoms with Gasteiger partial charge in [-0.15, -0.1) is 0 Å². The highest BCUT2D eigenvalue weighted by atomic mass is 79.9. The fourth-order valence-corrected chi connectivity index (χ4v) is 1.06. The van der Waals surface area contributed by atoms with Crippen LogP contribution in [0.25, 0.3) is 0 Å². The summed E-state index contributed by atoms with van der Waals surface area (Å²) >= 11 is 6.56. The third kappa shape index (κ3) is 4.56. The van der Waals surface area contributed by atoms with Gasteiger partial charge in [-0.25, -0.2) is 0 Å². The van der Waals surface area contributed by atoms with E-state index in [-0.39, 0.29) is 0 Å². The van der Waals surface area contributed by atoms with Crippen LogP contribution in [0.1, 0.15) is 13.3 Å². The number of halogens is 2. The van der Waals surface area contributed by atoms with Crippen LogP contribution < -0.4 is 0 Å². The van der Waals surface area contributed by atoms with Gasteiger partial charge in [-0.2, -0.15) is 0 Å². The van der Waals surface area contributed by atoms with Crippen molar-refractivity contribution >= 4 is 31.9 Å². The SMILES string of the molecule is C/C(=C\Br)CCBr. The lowest BCUT2D eigenvalue weighted by atomic mass is 10.3. The summed E-state index contributed by atoms with van der Waals surface area (Å²) in [7, 11) is 0. The first-order valence-corrected chi connectivity index (χ1v) is 4.16. The van der Waals surface area contributed by atoms with Crippen molar-refractivity contribution in [2.45, 2.75) is 13.3 Å². The lowest BCUT2D eigenvalue weighted by molar-refractivity contribution is 1.13. The van der Waals surface area contributed by atoms with E-state index in [1.165, 1.54) is 5.57 Å². The summed E-state index contributed by atoms with van der Waals surface area (Å²) in [6.45, 7) is 2.09. The van der Waals surface area contributed by atoms with Gasteiger partial charge in [0.05, 0.1) is 0 Å². The Balaban J connectivity index is 3.17. The molecule has 0 saturated heterocycles. The molecule has 0 aliphatic rings. The van der Waals surface area contributed by atoms with E-state index < -0.39 is 0 Å². The Morgan fingerprint density at radius 1 is 1.71 bits per heavy atom. The van der Waals surface area contributed by atoms with Crippen molar-refractivity contribution < 1.29 is 0 Å². The summed E-state index contributed by atoms with van der Waals surface area (Å²) in [5, 5.41) is 1.06. The van der Waals surface area contributed by atoms with E-state index >= 15 is 0 Å². The van der Waals surface area contributed by atoms with Crippen LogP contribution >= 0.6 is 31.9 Å². The average molecular weight is 228 g/mol. The minimum atomic E-state index is 1.06. The molecule has 2 heteroatoms. The number of hydrogen-bond donors (Lipinski definition) is 0. The van der Waals surface area contributed by atoms with Crippen LogP contribution in [0.2, 0.25) is 0 Å². The van der Waals surface area contributed by atoms with Crippen molar-refractivity contribution in [3.05, 3.63) is 10.6 Å². The van der Waals surface area contributed by atoms with Gasteiger partial charge in [-0.1, -0.05) is 37.4 Å². The molecule has 0 atom stereocenters. The Bertz CT molecular complexity index is 66.5. The zero-order valence-electron chi connectivity index (χ0n) is 4.25. The van der Waals surface area contributed by atoms with Gasteiger partial charge in [0, 0.05) is 5.33 Å². The van der Waals surface area contributed by atoms with Gasteiger partial charge in [-0.05, 0) is 18.3 Å². The molecule has 0 unspecified atom stereocenters. The first kappa shape index (κ1) is 7.70. The van der Waals surface area contributed by atoms with Gasteiger partial charge in [-0.3, -0.25) is 0 Å². The standard InChI is InChI=1S/C5H8Br2/c1-5(4-7)2-3-6/h4H,2-3H2,1H3/b5-4+. The fraction of sp³-hybridized carbons (Fsp3) is 0.600. The Labute approximate surface area is 61.2 Å². The van der Waals surface area contributed by atoms with Crippen molar-refractivity contribution in [3.8, 4) is 0 Å². The fourth-order valence-electron chi connectivity index (χ4n) is 0.204. The van der Waals surface area contributed by atoms with E-state index in [1.807, 2.05) is 4.99 Å². The zero-order chi connectivity index (χ0) is 5.70. The van der Waals surface area contributed by atoms with E-state index in [1.54, 1.807) is 0 Å².